The van der Waals surface area contributed by atoms with Crippen LogP contribution in [-0.4, -0.2) is 4.98 Å². The van der Waals surface area contributed by atoms with E-state index in [4.69, 9.17) is 5.73 Å². The van der Waals surface area contributed by atoms with Crippen molar-refractivity contribution >= 4 is 17.0 Å². The molecule has 2 nitrogen and oxygen atoms in total. The lowest BCUT2D eigenvalue weighted by Crippen LogP contribution is -1.86. The topological polar surface area (TPSA) is 38.9 Å². The predicted octanol–water partition coefficient (Wildman–Crippen LogP) is 3.52. The van der Waals surface area contributed by atoms with Crippen molar-refractivity contribution in [3.05, 3.63) is 35.5 Å². The van der Waals surface area contributed by atoms with E-state index in [0.717, 1.165) is 21.1 Å². The van der Waals surface area contributed by atoms with E-state index in [9.17, 15) is 0 Å². The van der Waals surface area contributed by atoms with Crippen molar-refractivity contribution in [3.63, 3.8) is 0 Å². The molecule has 0 aliphatic heterocycles. The Morgan fingerprint density at radius 3 is 2.60 bits per heavy atom. The molecular weight excluding hydrogens is 204 g/mol. The Bertz CT molecular complexity index is 460. The van der Waals surface area contributed by atoms with Gasteiger partial charge in [-0.25, -0.2) is 4.98 Å². The van der Waals surface area contributed by atoms with Gasteiger partial charge in [0.1, 0.15) is 0 Å². The van der Waals surface area contributed by atoms with Crippen LogP contribution in [0.3, 0.4) is 0 Å². The first kappa shape index (κ1) is 10.2. The van der Waals surface area contributed by atoms with Crippen molar-refractivity contribution in [1.29, 1.82) is 0 Å². The molecule has 15 heavy (non-hydrogen) atoms. The molecule has 1 heterocycles. The molecule has 2 rings (SSSR count). The number of anilines is 1. The van der Waals surface area contributed by atoms with Gasteiger partial charge < -0.3 is 5.73 Å². The second kappa shape index (κ2) is 4.03. The molecule has 0 unspecified atom stereocenters. The fourth-order valence-corrected chi connectivity index (χ4v) is 2.37. The van der Waals surface area contributed by atoms with Gasteiger partial charge in [0.05, 0.1) is 9.88 Å². The second-order valence-corrected chi connectivity index (χ2v) is 4.87. The SMILES string of the molecule is CC(C)c1ncc(-c2ccccc2N)s1. The van der Waals surface area contributed by atoms with Crippen LogP contribution in [0.1, 0.15) is 24.8 Å². The summed E-state index contributed by atoms with van der Waals surface area (Å²) in [4.78, 5) is 5.55. The Morgan fingerprint density at radius 2 is 2.00 bits per heavy atom. The van der Waals surface area contributed by atoms with Gasteiger partial charge in [0.15, 0.2) is 0 Å². The minimum absolute atomic E-state index is 0.480. The maximum Gasteiger partial charge on any atom is 0.0956 e. The van der Waals surface area contributed by atoms with Crippen LogP contribution in [-0.2, 0) is 0 Å². The molecule has 78 valence electrons. The molecule has 3 heteroatoms. The van der Waals surface area contributed by atoms with Crippen LogP contribution in [0.2, 0.25) is 0 Å². The number of rotatable bonds is 2. The van der Waals surface area contributed by atoms with E-state index >= 15 is 0 Å². The van der Waals surface area contributed by atoms with Crippen molar-refractivity contribution in [1.82, 2.24) is 4.98 Å². The average Bonchev–Trinajstić information content (AvgIpc) is 2.67. The third kappa shape index (κ3) is 2.02. The van der Waals surface area contributed by atoms with Crippen molar-refractivity contribution < 1.29 is 0 Å². The van der Waals surface area contributed by atoms with Gasteiger partial charge in [-0.05, 0) is 6.07 Å². The fourth-order valence-electron chi connectivity index (χ4n) is 1.40. The first-order valence-electron chi connectivity index (χ1n) is 4.99. The van der Waals surface area contributed by atoms with Crippen molar-refractivity contribution in [3.8, 4) is 10.4 Å². The lowest BCUT2D eigenvalue weighted by atomic mass is 10.1. The normalized spacial score (nSPS) is 10.9. The summed E-state index contributed by atoms with van der Waals surface area (Å²) in [5.74, 6) is 0.480. The van der Waals surface area contributed by atoms with Crippen molar-refractivity contribution in [2.45, 2.75) is 19.8 Å². The number of hydrogen-bond donors (Lipinski definition) is 1. The van der Waals surface area contributed by atoms with Crippen LogP contribution >= 0.6 is 11.3 Å². The molecule has 0 atom stereocenters. The number of thiazole rings is 1. The zero-order valence-electron chi connectivity index (χ0n) is 8.90. The number of nitrogens with zero attached hydrogens (tertiary/aromatic N) is 1. The molecule has 1 aromatic carbocycles. The molecular formula is C12H14N2S. The Morgan fingerprint density at radius 1 is 1.27 bits per heavy atom. The van der Waals surface area contributed by atoms with E-state index < -0.39 is 0 Å². The molecule has 0 aliphatic rings. The van der Waals surface area contributed by atoms with Gasteiger partial charge in [-0.2, -0.15) is 0 Å². The monoisotopic (exact) mass is 218 g/mol. The van der Waals surface area contributed by atoms with Crippen LogP contribution in [0.4, 0.5) is 5.69 Å². The van der Waals surface area contributed by atoms with E-state index in [2.05, 4.69) is 18.8 Å². The highest BCUT2D eigenvalue weighted by molar-refractivity contribution is 7.15. The minimum Gasteiger partial charge on any atom is -0.398 e. The molecule has 0 amide bonds. The van der Waals surface area contributed by atoms with E-state index in [1.54, 1.807) is 11.3 Å². The smallest absolute Gasteiger partial charge is 0.0956 e. The Balaban J connectivity index is 2.42. The molecule has 0 bridgehead atoms. The summed E-state index contributed by atoms with van der Waals surface area (Å²) in [7, 11) is 0. The van der Waals surface area contributed by atoms with Crippen molar-refractivity contribution in [2.75, 3.05) is 5.73 Å². The fraction of sp³-hybridized carbons (Fsp3) is 0.250. The summed E-state index contributed by atoms with van der Waals surface area (Å²) < 4.78 is 0. The molecule has 0 radical (unpaired) electrons. The minimum atomic E-state index is 0.480. The lowest BCUT2D eigenvalue weighted by molar-refractivity contribution is 0.852. The van der Waals surface area contributed by atoms with Gasteiger partial charge in [-0.3, -0.25) is 0 Å². The largest absolute Gasteiger partial charge is 0.398 e. The van der Waals surface area contributed by atoms with Crippen molar-refractivity contribution in [2.24, 2.45) is 0 Å². The van der Waals surface area contributed by atoms with Gasteiger partial charge in [-0.15, -0.1) is 11.3 Å². The van der Waals surface area contributed by atoms with Gasteiger partial charge in [0.25, 0.3) is 0 Å². The van der Waals surface area contributed by atoms with E-state index in [-0.39, 0.29) is 0 Å². The standard InChI is InChI=1S/C12H14N2S/c1-8(2)12-14-7-11(15-12)9-5-3-4-6-10(9)13/h3-8H,13H2,1-2H3. The first-order chi connectivity index (χ1) is 7.18. The average molecular weight is 218 g/mol. The van der Waals surface area contributed by atoms with Crippen LogP contribution < -0.4 is 5.73 Å². The van der Waals surface area contributed by atoms with Crippen LogP contribution in [0.5, 0.6) is 0 Å². The maximum absolute atomic E-state index is 5.92. The lowest BCUT2D eigenvalue weighted by Gasteiger charge is -2.01. The highest BCUT2D eigenvalue weighted by Gasteiger charge is 2.08. The highest BCUT2D eigenvalue weighted by atomic mass is 32.1. The number of benzene rings is 1. The number of para-hydroxylation sites is 1. The molecule has 2 N–H and O–H groups in total. The summed E-state index contributed by atoms with van der Waals surface area (Å²) in [6, 6.07) is 7.90. The highest BCUT2D eigenvalue weighted by Crippen LogP contribution is 2.32. The maximum atomic E-state index is 5.92. The Hall–Kier alpha value is -1.35. The number of nitrogens with two attached hydrogens (primary N) is 1. The van der Waals surface area contributed by atoms with Gasteiger partial charge in [0, 0.05) is 23.4 Å². The quantitative estimate of drug-likeness (QED) is 0.783. The second-order valence-electron chi connectivity index (χ2n) is 3.80. The third-order valence-corrected chi connectivity index (χ3v) is 3.57. The van der Waals surface area contributed by atoms with E-state index in [1.807, 2.05) is 30.5 Å². The molecule has 0 saturated heterocycles. The van der Waals surface area contributed by atoms with E-state index in [0.29, 0.717) is 5.92 Å². The molecule has 0 aliphatic carbocycles. The summed E-state index contributed by atoms with van der Waals surface area (Å²) in [5.41, 5.74) is 7.82. The van der Waals surface area contributed by atoms with Gasteiger partial charge in [-0.1, -0.05) is 32.0 Å². The molecule has 1 aromatic heterocycles. The summed E-state index contributed by atoms with van der Waals surface area (Å²) >= 11 is 1.72. The van der Waals surface area contributed by atoms with E-state index in [1.165, 1.54) is 0 Å². The van der Waals surface area contributed by atoms with Crippen LogP contribution in [0.25, 0.3) is 10.4 Å². The number of aromatic nitrogens is 1. The van der Waals surface area contributed by atoms with Gasteiger partial charge >= 0.3 is 0 Å². The zero-order valence-corrected chi connectivity index (χ0v) is 9.71. The number of nitrogen functional groups attached to an aromatic ring is 1. The zero-order chi connectivity index (χ0) is 10.8. The first-order valence-corrected chi connectivity index (χ1v) is 5.80. The Kier molecular flexibility index (Phi) is 2.73. The summed E-state index contributed by atoms with van der Waals surface area (Å²) in [5, 5.41) is 1.16. The molecule has 0 fully saturated rings. The number of hydrogen-bond acceptors (Lipinski definition) is 3. The summed E-state index contributed by atoms with van der Waals surface area (Å²) in [6.07, 6.45) is 1.91. The molecule has 0 spiro atoms. The van der Waals surface area contributed by atoms with Gasteiger partial charge in [0.2, 0.25) is 0 Å². The molecule has 2 aromatic rings. The van der Waals surface area contributed by atoms with Crippen LogP contribution in [0, 0.1) is 0 Å². The predicted molar refractivity (Wildman–Crippen MR) is 66.1 cm³/mol. The summed E-state index contributed by atoms with van der Waals surface area (Å²) in [6.45, 7) is 4.30. The third-order valence-electron chi connectivity index (χ3n) is 2.24. The Labute approximate surface area is 93.8 Å². The van der Waals surface area contributed by atoms with Crippen LogP contribution in [0.15, 0.2) is 30.5 Å². The molecule has 0 saturated carbocycles.